The number of carbonyl (C=O) groups is 1. The largest absolute Gasteiger partial charge is 0.355 e. The summed E-state index contributed by atoms with van der Waals surface area (Å²) in [4.78, 5) is 12.9. The minimum Gasteiger partial charge on any atom is -0.355 e. The van der Waals surface area contributed by atoms with Crippen molar-refractivity contribution in [3.8, 4) is 0 Å². The van der Waals surface area contributed by atoms with Crippen molar-refractivity contribution in [1.82, 2.24) is 5.32 Å². The van der Waals surface area contributed by atoms with Gasteiger partial charge in [0.15, 0.2) is 0 Å². The van der Waals surface area contributed by atoms with Crippen LogP contribution in [0.2, 0.25) is 0 Å². The first-order chi connectivity index (χ1) is 7.77. The Bertz CT molecular complexity index is 337. The summed E-state index contributed by atoms with van der Waals surface area (Å²) in [6.45, 7) is 2.94. The second-order valence-electron chi connectivity index (χ2n) is 4.24. The molecule has 2 rings (SSSR count). The molecule has 1 aromatic heterocycles. The quantitative estimate of drug-likeness (QED) is 0.792. The SMILES string of the molecule is C[C@@H]1C[C@@H]1C(=O)NCCSCc1cccs1. The van der Waals surface area contributed by atoms with Gasteiger partial charge in [-0.05, 0) is 23.8 Å². The maximum absolute atomic E-state index is 11.5. The Kier molecular flexibility index (Phi) is 4.29. The zero-order valence-corrected chi connectivity index (χ0v) is 11.1. The third kappa shape index (κ3) is 3.52. The van der Waals surface area contributed by atoms with Crippen molar-refractivity contribution in [2.45, 2.75) is 19.1 Å². The van der Waals surface area contributed by atoms with Crippen LogP contribution in [-0.4, -0.2) is 18.2 Å². The molecule has 1 N–H and O–H groups in total. The van der Waals surface area contributed by atoms with Gasteiger partial charge in [0.2, 0.25) is 5.91 Å². The standard InChI is InChI=1S/C12H17NOS2/c1-9-7-11(9)12(14)13-4-6-15-8-10-3-2-5-16-10/h2-3,5,9,11H,4,6-8H2,1H3,(H,13,14)/t9-,11+/m1/s1. The van der Waals surface area contributed by atoms with Crippen molar-refractivity contribution in [3.63, 3.8) is 0 Å². The highest BCUT2D eigenvalue weighted by Gasteiger charge is 2.38. The van der Waals surface area contributed by atoms with E-state index in [0.29, 0.717) is 11.8 Å². The minimum atomic E-state index is 0.254. The number of carbonyl (C=O) groups excluding carboxylic acids is 1. The fourth-order valence-electron chi connectivity index (χ4n) is 1.63. The number of thioether (sulfide) groups is 1. The van der Waals surface area contributed by atoms with Crippen LogP contribution in [0.3, 0.4) is 0 Å². The van der Waals surface area contributed by atoms with Crippen LogP contribution >= 0.6 is 23.1 Å². The molecule has 1 heterocycles. The summed E-state index contributed by atoms with van der Waals surface area (Å²) in [5.41, 5.74) is 0. The number of thiophene rings is 1. The Morgan fingerprint density at radius 1 is 1.69 bits per heavy atom. The second-order valence-corrected chi connectivity index (χ2v) is 6.38. The number of hydrogen-bond acceptors (Lipinski definition) is 3. The Hall–Kier alpha value is -0.480. The molecule has 1 aliphatic carbocycles. The number of nitrogens with one attached hydrogen (secondary N) is 1. The van der Waals surface area contributed by atoms with Crippen molar-refractivity contribution in [2.24, 2.45) is 11.8 Å². The molecule has 0 radical (unpaired) electrons. The summed E-state index contributed by atoms with van der Waals surface area (Å²) in [5.74, 6) is 3.24. The Balaban J connectivity index is 1.50. The van der Waals surface area contributed by atoms with Gasteiger partial charge >= 0.3 is 0 Å². The summed E-state index contributed by atoms with van der Waals surface area (Å²) in [5, 5.41) is 5.10. The summed E-state index contributed by atoms with van der Waals surface area (Å²) >= 11 is 3.68. The molecular weight excluding hydrogens is 238 g/mol. The summed E-state index contributed by atoms with van der Waals surface area (Å²) in [6, 6.07) is 4.24. The first-order valence-corrected chi connectivity index (χ1v) is 7.68. The molecule has 0 bridgehead atoms. The molecule has 0 unspecified atom stereocenters. The Morgan fingerprint density at radius 3 is 3.12 bits per heavy atom. The van der Waals surface area contributed by atoms with Crippen LogP contribution < -0.4 is 5.32 Å². The van der Waals surface area contributed by atoms with E-state index in [1.165, 1.54) is 4.88 Å². The molecular formula is C12H17NOS2. The zero-order chi connectivity index (χ0) is 11.4. The minimum absolute atomic E-state index is 0.254. The van der Waals surface area contributed by atoms with E-state index >= 15 is 0 Å². The summed E-state index contributed by atoms with van der Waals surface area (Å²) in [7, 11) is 0. The molecule has 2 nitrogen and oxygen atoms in total. The van der Waals surface area contributed by atoms with Crippen molar-refractivity contribution >= 4 is 29.0 Å². The molecule has 1 amide bonds. The normalized spacial score (nSPS) is 23.1. The highest BCUT2D eigenvalue weighted by atomic mass is 32.2. The van der Waals surface area contributed by atoms with E-state index in [2.05, 4.69) is 29.8 Å². The lowest BCUT2D eigenvalue weighted by Crippen LogP contribution is -2.27. The van der Waals surface area contributed by atoms with E-state index in [9.17, 15) is 4.79 Å². The molecule has 0 saturated heterocycles. The molecule has 1 saturated carbocycles. The van der Waals surface area contributed by atoms with Gasteiger partial charge in [0.05, 0.1) is 0 Å². The van der Waals surface area contributed by atoms with E-state index in [4.69, 9.17) is 0 Å². The van der Waals surface area contributed by atoms with E-state index in [1.54, 1.807) is 11.3 Å². The van der Waals surface area contributed by atoms with E-state index in [-0.39, 0.29) is 5.91 Å². The van der Waals surface area contributed by atoms with Crippen LogP contribution in [0.4, 0.5) is 0 Å². The van der Waals surface area contributed by atoms with Crippen LogP contribution in [0.5, 0.6) is 0 Å². The van der Waals surface area contributed by atoms with Crippen molar-refractivity contribution < 1.29 is 4.79 Å². The highest BCUT2D eigenvalue weighted by molar-refractivity contribution is 7.98. The average molecular weight is 255 g/mol. The molecule has 4 heteroatoms. The number of rotatable bonds is 6. The monoisotopic (exact) mass is 255 g/mol. The maximum atomic E-state index is 11.5. The van der Waals surface area contributed by atoms with Gasteiger partial charge in [0.1, 0.15) is 0 Å². The van der Waals surface area contributed by atoms with Gasteiger partial charge in [-0.15, -0.1) is 11.3 Å². The molecule has 2 atom stereocenters. The first-order valence-electron chi connectivity index (χ1n) is 5.65. The summed E-state index contributed by atoms with van der Waals surface area (Å²) in [6.07, 6.45) is 1.08. The van der Waals surface area contributed by atoms with Crippen LogP contribution in [0.1, 0.15) is 18.2 Å². The first kappa shape index (κ1) is 12.0. The Labute approximate surface area is 105 Å². The van der Waals surface area contributed by atoms with Crippen molar-refractivity contribution in [3.05, 3.63) is 22.4 Å². The molecule has 1 aliphatic rings. The lowest BCUT2D eigenvalue weighted by molar-refractivity contribution is -0.122. The molecule has 16 heavy (non-hydrogen) atoms. The van der Waals surface area contributed by atoms with Crippen LogP contribution in [0.15, 0.2) is 17.5 Å². The predicted octanol–water partition coefficient (Wildman–Crippen LogP) is 2.75. The zero-order valence-electron chi connectivity index (χ0n) is 9.44. The summed E-state index contributed by atoms with van der Waals surface area (Å²) < 4.78 is 0. The fourth-order valence-corrected chi connectivity index (χ4v) is 3.33. The third-order valence-corrected chi connectivity index (χ3v) is 4.88. The molecule has 0 aromatic carbocycles. The van der Waals surface area contributed by atoms with Crippen molar-refractivity contribution in [2.75, 3.05) is 12.3 Å². The highest BCUT2D eigenvalue weighted by Crippen LogP contribution is 2.37. The Morgan fingerprint density at radius 2 is 2.50 bits per heavy atom. The molecule has 0 spiro atoms. The number of amides is 1. The van der Waals surface area contributed by atoms with Gasteiger partial charge in [0, 0.05) is 28.8 Å². The van der Waals surface area contributed by atoms with E-state index < -0.39 is 0 Å². The lowest BCUT2D eigenvalue weighted by atomic mass is 10.3. The van der Waals surface area contributed by atoms with Crippen molar-refractivity contribution in [1.29, 1.82) is 0 Å². The number of hydrogen-bond donors (Lipinski definition) is 1. The topological polar surface area (TPSA) is 29.1 Å². The average Bonchev–Trinajstić information content (AvgIpc) is 2.80. The predicted molar refractivity (Wildman–Crippen MR) is 70.8 cm³/mol. The molecule has 0 aliphatic heterocycles. The molecule has 1 fully saturated rings. The lowest BCUT2D eigenvalue weighted by Gasteiger charge is -2.03. The van der Waals surface area contributed by atoms with E-state index in [1.807, 2.05) is 11.8 Å². The molecule has 1 aromatic rings. The van der Waals surface area contributed by atoms with E-state index in [0.717, 1.165) is 24.5 Å². The third-order valence-electron chi connectivity index (χ3n) is 2.82. The second kappa shape index (κ2) is 5.73. The van der Waals surface area contributed by atoms with Gasteiger partial charge in [-0.3, -0.25) is 4.79 Å². The molecule has 88 valence electrons. The smallest absolute Gasteiger partial charge is 0.223 e. The van der Waals surface area contributed by atoms with Gasteiger partial charge < -0.3 is 5.32 Å². The van der Waals surface area contributed by atoms with Crippen LogP contribution in [-0.2, 0) is 10.5 Å². The fraction of sp³-hybridized carbons (Fsp3) is 0.583. The van der Waals surface area contributed by atoms with Crippen LogP contribution in [0.25, 0.3) is 0 Å². The van der Waals surface area contributed by atoms with Gasteiger partial charge in [-0.2, -0.15) is 11.8 Å². The van der Waals surface area contributed by atoms with Crippen LogP contribution in [0, 0.1) is 11.8 Å². The maximum Gasteiger partial charge on any atom is 0.223 e. The van der Waals surface area contributed by atoms with Gasteiger partial charge in [-0.1, -0.05) is 13.0 Å². The van der Waals surface area contributed by atoms with Gasteiger partial charge in [-0.25, -0.2) is 0 Å². The van der Waals surface area contributed by atoms with Gasteiger partial charge in [0.25, 0.3) is 0 Å².